The molecule has 2 aromatic heterocycles. The van der Waals surface area contributed by atoms with Gasteiger partial charge in [-0.2, -0.15) is 5.10 Å². The normalized spacial score (nSPS) is 10.4. The van der Waals surface area contributed by atoms with E-state index in [2.05, 4.69) is 10.4 Å². The van der Waals surface area contributed by atoms with Gasteiger partial charge in [0.05, 0.1) is 19.1 Å². The maximum atomic E-state index is 12.2. The van der Waals surface area contributed by atoms with Crippen LogP contribution in [0.2, 0.25) is 0 Å². The summed E-state index contributed by atoms with van der Waals surface area (Å²) in [6.07, 6.45) is 0. The van der Waals surface area contributed by atoms with Gasteiger partial charge < -0.3 is 14.8 Å². The Morgan fingerprint density at radius 2 is 1.96 bits per heavy atom. The highest BCUT2D eigenvalue weighted by Crippen LogP contribution is 2.27. The molecule has 7 nitrogen and oxygen atoms in total. The second-order valence-corrected chi connectivity index (χ2v) is 6.61. The average Bonchev–Trinajstić information content (AvgIpc) is 3.22. The monoisotopic (exact) mass is 385 g/mol. The highest BCUT2D eigenvalue weighted by molar-refractivity contribution is 7.13. The lowest BCUT2D eigenvalue weighted by Crippen LogP contribution is -2.33. The molecule has 27 heavy (non-hydrogen) atoms. The molecule has 0 bridgehead atoms. The number of thiophene rings is 1. The molecule has 0 atom stereocenters. The summed E-state index contributed by atoms with van der Waals surface area (Å²) in [7, 11) is 3.12. The minimum atomic E-state index is -0.323. The summed E-state index contributed by atoms with van der Waals surface area (Å²) in [4.78, 5) is 25.2. The highest BCUT2D eigenvalue weighted by atomic mass is 32.1. The minimum absolute atomic E-state index is 0.147. The number of hydrogen-bond donors (Lipinski definition) is 1. The summed E-state index contributed by atoms with van der Waals surface area (Å²) in [5.74, 6) is 0.905. The van der Waals surface area contributed by atoms with Crippen LogP contribution in [0.15, 0.2) is 52.6 Å². The Hall–Kier alpha value is -3.13. The molecule has 2 heterocycles. The zero-order valence-corrected chi connectivity index (χ0v) is 15.8. The lowest BCUT2D eigenvalue weighted by atomic mass is 10.2. The van der Waals surface area contributed by atoms with Gasteiger partial charge in [0.15, 0.2) is 11.5 Å². The fourth-order valence-electron chi connectivity index (χ4n) is 2.50. The third kappa shape index (κ3) is 4.53. The van der Waals surface area contributed by atoms with Crippen LogP contribution in [0.3, 0.4) is 0 Å². The second-order valence-electron chi connectivity index (χ2n) is 5.66. The van der Waals surface area contributed by atoms with Crippen molar-refractivity contribution in [3.8, 4) is 22.1 Å². The lowest BCUT2D eigenvalue weighted by Gasteiger charge is -2.11. The number of rotatable bonds is 7. The largest absolute Gasteiger partial charge is 0.493 e. The fraction of sp³-hybridized carbons (Fsp3) is 0.211. The SMILES string of the molecule is COc1ccc(CNC(=O)Cn2nc(-c3cccs3)ccc2=O)cc1OC. The lowest BCUT2D eigenvalue weighted by molar-refractivity contribution is -0.122. The van der Waals surface area contributed by atoms with E-state index in [1.807, 2.05) is 23.6 Å². The molecule has 0 radical (unpaired) electrons. The van der Waals surface area contributed by atoms with Gasteiger partial charge in [-0.25, -0.2) is 4.68 Å². The van der Waals surface area contributed by atoms with E-state index in [9.17, 15) is 9.59 Å². The summed E-state index contributed by atoms with van der Waals surface area (Å²) >= 11 is 1.52. The predicted octanol–water partition coefficient (Wildman–Crippen LogP) is 2.31. The molecule has 3 rings (SSSR count). The van der Waals surface area contributed by atoms with Crippen molar-refractivity contribution in [2.75, 3.05) is 14.2 Å². The number of ether oxygens (including phenoxy) is 2. The van der Waals surface area contributed by atoms with E-state index in [1.165, 1.54) is 22.1 Å². The fourth-order valence-corrected chi connectivity index (χ4v) is 3.19. The van der Waals surface area contributed by atoms with Gasteiger partial charge in [0.25, 0.3) is 5.56 Å². The quantitative estimate of drug-likeness (QED) is 0.675. The number of aromatic nitrogens is 2. The van der Waals surface area contributed by atoms with Crippen molar-refractivity contribution >= 4 is 17.2 Å². The number of benzene rings is 1. The molecule has 0 aliphatic heterocycles. The molecule has 1 amide bonds. The van der Waals surface area contributed by atoms with Crippen molar-refractivity contribution in [3.05, 3.63) is 63.8 Å². The first-order valence-corrected chi connectivity index (χ1v) is 9.08. The first kappa shape index (κ1) is 18.7. The minimum Gasteiger partial charge on any atom is -0.493 e. The molecule has 3 aromatic rings. The molecule has 8 heteroatoms. The van der Waals surface area contributed by atoms with E-state index < -0.39 is 0 Å². The third-order valence-electron chi connectivity index (χ3n) is 3.87. The number of carbonyl (C=O) groups excluding carboxylic acids is 1. The standard InChI is InChI=1S/C19H19N3O4S/c1-25-15-7-5-13(10-16(15)26-2)11-20-18(23)12-22-19(24)8-6-14(21-22)17-4-3-9-27-17/h3-10H,11-12H2,1-2H3,(H,20,23). The molecule has 0 aliphatic carbocycles. The number of hydrogen-bond acceptors (Lipinski definition) is 6. The Morgan fingerprint density at radius 3 is 2.67 bits per heavy atom. The Morgan fingerprint density at radius 1 is 1.15 bits per heavy atom. The van der Waals surface area contributed by atoms with Crippen LogP contribution in [0.1, 0.15) is 5.56 Å². The van der Waals surface area contributed by atoms with Gasteiger partial charge in [-0.1, -0.05) is 12.1 Å². The van der Waals surface area contributed by atoms with Gasteiger partial charge in [-0.15, -0.1) is 11.3 Å². The Kier molecular flexibility index (Phi) is 5.87. The number of nitrogens with zero attached hydrogens (tertiary/aromatic N) is 2. The maximum Gasteiger partial charge on any atom is 0.267 e. The molecule has 1 aromatic carbocycles. The summed E-state index contributed by atoms with van der Waals surface area (Å²) in [5, 5.41) is 9.00. The van der Waals surface area contributed by atoms with Gasteiger partial charge in [-0.3, -0.25) is 9.59 Å². The molecule has 0 fully saturated rings. The number of carbonyl (C=O) groups is 1. The van der Waals surface area contributed by atoms with E-state index in [0.717, 1.165) is 10.4 Å². The molecule has 0 unspecified atom stereocenters. The van der Waals surface area contributed by atoms with E-state index >= 15 is 0 Å². The average molecular weight is 385 g/mol. The van der Waals surface area contributed by atoms with Crippen molar-refractivity contribution in [3.63, 3.8) is 0 Å². The van der Waals surface area contributed by atoms with Crippen molar-refractivity contribution in [1.29, 1.82) is 0 Å². The molecule has 0 spiro atoms. The van der Waals surface area contributed by atoms with Crippen molar-refractivity contribution < 1.29 is 14.3 Å². The third-order valence-corrected chi connectivity index (χ3v) is 4.76. The van der Waals surface area contributed by atoms with Gasteiger partial charge in [0, 0.05) is 12.6 Å². The first-order chi connectivity index (χ1) is 13.1. The molecule has 1 N–H and O–H groups in total. The van der Waals surface area contributed by atoms with Crippen LogP contribution >= 0.6 is 11.3 Å². The summed E-state index contributed by atoms with van der Waals surface area (Å²) in [6, 6.07) is 12.3. The Labute approximate surface area is 160 Å². The van der Waals surface area contributed by atoms with Crippen molar-refractivity contribution in [2.45, 2.75) is 13.1 Å². The molecule has 0 aliphatic rings. The van der Waals surface area contributed by atoms with Gasteiger partial charge in [0.1, 0.15) is 12.2 Å². The van der Waals surface area contributed by atoms with Crippen LogP contribution < -0.4 is 20.3 Å². The summed E-state index contributed by atoms with van der Waals surface area (Å²) in [6.45, 7) is 0.157. The zero-order valence-electron chi connectivity index (χ0n) is 15.0. The topological polar surface area (TPSA) is 82.5 Å². The highest BCUT2D eigenvalue weighted by Gasteiger charge is 2.10. The summed E-state index contributed by atoms with van der Waals surface area (Å²) < 4.78 is 11.6. The van der Waals surface area contributed by atoms with Crippen molar-refractivity contribution in [1.82, 2.24) is 15.1 Å². The molecule has 0 saturated heterocycles. The van der Waals surface area contributed by atoms with E-state index in [1.54, 1.807) is 32.4 Å². The van der Waals surface area contributed by atoms with Crippen LogP contribution in [0.5, 0.6) is 11.5 Å². The van der Waals surface area contributed by atoms with E-state index in [0.29, 0.717) is 23.7 Å². The molecular weight excluding hydrogens is 366 g/mol. The van der Waals surface area contributed by atoms with Crippen LogP contribution in [-0.4, -0.2) is 29.9 Å². The Bertz CT molecular complexity index is 983. The maximum absolute atomic E-state index is 12.2. The van der Waals surface area contributed by atoms with Crippen LogP contribution in [0.4, 0.5) is 0 Å². The van der Waals surface area contributed by atoms with E-state index in [4.69, 9.17) is 9.47 Å². The van der Waals surface area contributed by atoms with Gasteiger partial charge in [0.2, 0.25) is 5.91 Å². The smallest absolute Gasteiger partial charge is 0.267 e. The zero-order chi connectivity index (χ0) is 19.2. The van der Waals surface area contributed by atoms with Gasteiger partial charge in [-0.05, 0) is 35.2 Å². The number of nitrogens with one attached hydrogen (secondary N) is 1. The van der Waals surface area contributed by atoms with Crippen molar-refractivity contribution in [2.24, 2.45) is 0 Å². The van der Waals surface area contributed by atoms with Gasteiger partial charge >= 0.3 is 0 Å². The van der Waals surface area contributed by atoms with E-state index in [-0.39, 0.29) is 18.0 Å². The van der Waals surface area contributed by atoms with Crippen LogP contribution in [-0.2, 0) is 17.9 Å². The number of methoxy groups -OCH3 is 2. The van der Waals surface area contributed by atoms with Crippen LogP contribution in [0, 0.1) is 0 Å². The first-order valence-electron chi connectivity index (χ1n) is 8.20. The molecular formula is C19H19N3O4S. The molecule has 0 saturated carbocycles. The Balaban J connectivity index is 1.66. The summed E-state index contributed by atoms with van der Waals surface area (Å²) in [5.41, 5.74) is 1.20. The molecule has 140 valence electrons. The van der Waals surface area contributed by atoms with Crippen LogP contribution in [0.25, 0.3) is 10.6 Å². The predicted molar refractivity (Wildman–Crippen MR) is 103 cm³/mol. The number of amides is 1. The second kappa shape index (κ2) is 8.50.